The molecule has 2 aliphatic heterocycles. The standard InChI is InChI=1S/C44H86N2.2BrH/c1-3-5-7-9-11-13-15-17-19-21-23-25-29-37-45(41-33-34-42-45)39-31-27-28-32-40-46(43-35-36-44-46)38-30-26-24-22-20-18-16-14-12-10-8-6-4-2;;/h3-26,29-44H2,1-2H3;2*1H/q+2;;/p-2. The van der Waals surface area contributed by atoms with Crippen LogP contribution in [0, 0.1) is 11.8 Å². The van der Waals surface area contributed by atoms with E-state index in [9.17, 15) is 0 Å². The third-order valence-corrected chi connectivity index (χ3v) is 12.0. The molecular formula is C44H86Br2N2. The first-order valence-electron chi connectivity index (χ1n) is 21.9. The smallest absolute Gasteiger partial charge is 0.0897 e. The summed E-state index contributed by atoms with van der Waals surface area (Å²) < 4.78 is 2.79. The fourth-order valence-corrected chi connectivity index (χ4v) is 8.82. The van der Waals surface area contributed by atoms with Crippen molar-refractivity contribution in [2.45, 2.75) is 219 Å². The zero-order valence-electron chi connectivity index (χ0n) is 32.9. The largest absolute Gasteiger partial charge is 1.00 e. The van der Waals surface area contributed by atoms with E-state index in [1.165, 1.54) is 254 Å². The maximum atomic E-state index is 3.67. The molecule has 48 heavy (non-hydrogen) atoms. The number of hydrogen-bond donors (Lipinski definition) is 0. The van der Waals surface area contributed by atoms with E-state index in [0.29, 0.717) is 0 Å². The molecule has 0 spiro atoms. The third-order valence-electron chi connectivity index (χ3n) is 12.0. The van der Waals surface area contributed by atoms with Crippen molar-refractivity contribution >= 4 is 0 Å². The summed E-state index contributed by atoms with van der Waals surface area (Å²) in [5.74, 6) is 7.34. The Hall–Kier alpha value is 0.440. The van der Waals surface area contributed by atoms with Gasteiger partial charge < -0.3 is 42.9 Å². The molecule has 286 valence electrons. The second-order valence-electron chi connectivity index (χ2n) is 16.2. The van der Waals surface area contributed by atoms with Crippen LogP contribution in [0.3, 0.4) is 0 Å². The quantitative estimate of drug-likeness (QED) is 0.0385. The monoisotopic (exact) mass is 801 g/mol. The van der Waals surface area contributed by atoms with E-state index in [2.05, 4.69) is 25.7 Å². The van der Waals surface area contributed by atoms with Crippen LogP contribution in [-0.4, -0.2) is 61.3 Å². The summed E-state index contributed by atoms with van der Waals surface area (Å²) in [5, 5.41) is 0. The van der Waals surface area contributed by atoms with E-state index in [4.69, 9.17) is 0 Å². The lowest BCUT2D eigenvalue weighted by atomic mass is 10.0. The minimum absolute atomic E-state index is 0. The van der Waals surface area contributed by atoms with E-state index in [0.717, 1.165) is 12.8 Å². The van der Waals surface area contributed by atoms with Crippen LogP contribution >= 0.6 is 0 Å². The van der Waals surface area contributed by atoms with Gasteiger partial charge in [0.25, 0.3) is 0 Å². The SMILES string of the molecule is CCCCCCCCCCCCCCC[N+]1(CCC#CCC[N+]2(CCCCCCCCCCCCCCC)CCCC2)CCCC1.[Br-].[Br-]. The van der Waals surface area contributed by atoms with E-state index >= 15 is 0 Å². The molecule has 0 aromatic rings. The normalized spacial score (nSPS) is 16.3. The van der Waals surface area contributed by atoms with Gasteiger partial charge in [0.15, 0.2) is 0 Å². The number of hydrogen-bond acceptors (Lipinski definition) is 0. The molecule has 2 heterocycles. The molecule has 0 aliphatic carbocycles. The van der Waals surface area contributed by atoms with Crippen LogP contribution in [0.1, 0.15) is 219 Å². The highest BCUT2D eigenvalue weighted by atomic mass is 79.9. The highest BCUT2D eigenvalue weighted by molar-refractivity contribution is 4.98. The van der Waals surface area contributed by atoms with Gasteiger partial charge in [0.05, 0.1) is 65.2 Å². The first-order chi connectivity index (χ1) is 22.7. The van der Waals surface area contributed by atoms with Crippen LogP contribution in [0.4, 0.5) is 0 Å². The van der Waals surface area contributed by atoms with Crippen LogP contribution in [0.5, 0.6) is 0 Å². The van der Waals surface area contributed by atoms with E-state index in [-0.39, 0.29) is 34.0 Å². The molecule has 0 radical (unpaired) electrons. The molecule has 0 atom stereocenters. The zero-order chi connectivity index (χ0) is 32.7. The maximum Gasteiger partial charge on any atom is 0.0897 e. The second kappa shape index (κ2) is 34.5. The molecule has 2 aliphatic rings. The minimum Gasteiger partial charge on any atom is -1.00 e. The third kappa shape index (κ3) is 25.4. The summed E-state index contributed by atoms with van der Waals surface area (Å²) in [6.07, 6.45) is 46.0. The van der Waals surface area contributed by atoms with Gasteiger partial charge >= 0.3 is 0 Å². The first-order valence-corrected chi connectivity index (χ1v) is 21.9. The van der Waals surface area contributed by atoms with Crippen molar-refractivity contribution in [2.75, 3.05) is 52.4 Å². The number of likely N-dealkylation sites (tertiary alicyclic amines) is 2. The summed E-state index contributed by atoms with van der Waals surface area (Å²) in [6, 6.07) is 0. The summed E-state index contributed by atoms with van der Waals surface area (Å²) in [6.45, 7) is 15.9. The molecule has 0 unspecified atom stereocenters. The van der Waals surface area contributed by atoms with Gasteiger partial charge in [-0.25, -0.2) is 0 Å². The lowest BCUT2D eigenvalue weighted by molar-refractivity contribution is -0.916. The summed E-state index contributed by atoms with van der Waals surface area (Å²) >= 11 is 0. The average Bonchev–Trinajstić information content (AvgIpc) is 3.74. The lowest BCUT2D eigenvalue weighted by Crippen LogP contribution is -3.00. The van der Waals surface area contributed by atoms with Gasteiger partial charge in [0.1, 0.15) is 0 Å². The van der Waals surface area contributed by atoms with Crippen molar-refractivity contribution in [2.24, 2.45) is 0 Å². The first kappa shape index (κ1) is 48.4. The maximum absolute atomic E-state index is 3.67. The number of unbranched alkanes of at least 4 members (excludes halogenated alkanes) is 24. The molecule has 2 fully saturated rings. The van der Waals surface area contributed by atoms with Gasteiger partial charge in [-0.3, -0.25) is 0 Å². The molecule has 0 aromatic heterocycles. The fraction of sp³-hybridized carbons (Fsp3) is 0.955. The number of halogens is 2. The van der Waals surface area contributed by atoms with Crippen molar-refractivity contribution in [3.05, 3.63) is 0 Å². The minimum atomic E-state index is 0. The Morgan fingerprint density at radius 3 is 0.792 bits per heavy atom. The molecule has 2 saturated heterocycles. The second-order valence-corrected chi connectivity index (χ2v) is 16.2. The lowest BCUT2D eigenvalue weighted by Gasteiger charge is -2.34. The van der Waals surface area contributed by atoms with Crippen molar-refractivity contribution < 1.29 is 42.9 Å². The highest BCUT2D eigenvalue weighted by Crippen LogP contribution is 2.24. The molecule has 4 heteroatoms. The predicted molar refractivity (Wildman–Crippen MR) is 206 cm³/mol. The molecule has 0 aromatic carbocycles. The molecule has 2 rings (SSSR count). The van der Waals surface area contributed by atoms with Gasteiger partial charge in [-0.1, -0.05) is 167 Å². The van der Waals surface area contributed by atoms with Crippen LogP contribution in [-0.2, 0) is 0 Å². The van der Waals surface area contributed by atoms with Gasteiger partial charge in [-0.15, -0.1) is 0 Å². The van der Waals surface area contributed by atoms with Crippen LogP contribution in [0.2, 0.25) is 0 Å². The summed E-state index contributed by atoms with van der Waals surface area (Å²) in [7, 11) is 0. The molecule has 0 N–H and O–H groups in total. The zero-order valence-corrected chi connectivity index (χ0v) is 36.1. The van der Waals surface area contributed by atoms with E-state index in [1.807, 2.05) is 0 Å². The number of nitrogens with zero attached hydrogens (tertiary/aromatic N) is 2. The Bertz CT molecular complexity index is 659. The van der Waals surface area contributed by atoms with Crippen molar-refractivity contribution in [3.63, 3.8) is 0 Å². The number of rotatable bonds is 32. The van der Waals surface area contributed by atoms with E-state index in [1.54, 1.807) is 0 Å². The highest BCUT2D eigenvalue weighted by Gasteiger charge is 2.31. The molecule has 0 amide bonds. The van der Waals surface area contributed by atoms with E-state index < -0.39 is 0 Å². The summed E-state index contributed by atoms with van der Waals surface area (Å²) in [5.41, 5.74) is 0. The van der Waals surface area contributed by atoms with Gasteiger partial charge in [-0.2, -0.15) is 0 Å². The Balaban J connectivity index is 0.0000110. The summed E-state index contributed by atoms with van der Waals surface area (Å²) in [4.78, 5) is 0. The van der Waals surface area contributed by atoms with Crippen molar-refractivity contribution in [3.8, 4) is 11.8 Å². The molecular weight excluding hydrogens is 716 g/mol. The molecule has 0 bridgehead atoms. The topological polar surface area (TPSA) is 0 Å². The van der Waals surface area contributed by atoms with Crippen molar-refractivity contribution in [1.82, 2.24) is 0 Å². The predicted octanol–water partition coefficient (Wildman–Crippen LogP) is 7.18. The van der Waals surface area contributed by atoms with Crippen LogP contribution < -0.4 is 34.0 Å². The fourth-order valence-electron chi connectivity index (χ4n) is 8.82. The molecule has 2 nitrogen and oxygen atoms in total. The van der Waals surface area contributed by atoms with Crippen LogP contribution in [0.25, 0.3) is 0 Å². The Morgan fingerprint density at radius 1 is 0.312 bits per heavy atom. The van der Waals surface area contributed by atoms with Gasteiger partial charge in [-0.05, 0) is 25.7 Å². The Labute approximate surface area is 324 Å². The number of quaternary nitrogens is 2. The van der Waals surface area contributed by atoms with Gasteiger partial charge in [0, 0.05) is 25.7 Å². The van der Waals surface area contributed by atoms with Crippen molar-refractivity contribution in [1.29, 1.82) is 0 Å². The van der Waals surface area contributed by atoms with Gasteiger partial charge in [0.2, 0.25) is 0 Å². The average molecular weight is 803 g/mol. The van der Waals surface area contributed by atoms with Crippen LogP contribution in [0.15, 0.2) is 0 Å². The Morgan fingerprint density at radius 2 is 0.542 bits per heavy atom. The molecule has 0 saturated carbocycles. The Kier molecular flexibility index (Phi) is 34.8.